The lowest BCUT2D eigenvalue weighted by atomic mass is 10.1. The van der Waals surface area contributed by atoms with Gasteiger partial charge >= 0.3 is 11.9 Å². The van der Waals surface area contributed by atoms with Crippen molar-refractivity contribution in [2.45, 2.75) is 38.7 Å². The van der Waals surface area contributed by atoms with Gasteiger partial charge in [-0.2, -0.15) is 9.97 Å². The van der Waals surface area contributed by atoms with E-state index >= 15 is 0 Å². The molecule has 0 amide bonds. The van der Waals surface area contributed by atoms with Crippen molar-refractivity contribution in [2.24, 2.45) is 0 Å². The molecule has 0 aliphatic carbocycles. The largest absolute Gasteiger partial charge is 0.459 e. The van der Waals surface area contributed by atoms with Crippen molar-refractivity contribution in [3.8, 4) is 0 Å². The first-order chi connectivity index (χ1) is 18.3. The molecule has 38 heavy (non-hydrogen) atoms. The molecule has 3 heterocycles. The Morgan fingerprint density at radius 1 is 1.05 bits per heavy atom. The highest BCUT2D eigenvalue weighted by Crippen LogP contribution is 2.34. The summed E-state index contributed by atoms with van der Waals surface area (Å²) in [6.07, 6.45) is -0.518. The van der Waals surface area contributed by atoms with Crippen molar-refractivity contribution in [3.05, 3.63) is 82.4 Å². The topological polar surface area (TPSA) is 138 Å². The van der Waals surface area contributed by atoms with Crippen LogP contribution in [0.2, 0.25) is 5.28 Å². The molecule has 0 bridgehead atoms. The van der Waals surface area contributed by atoms with Gasteiger partial charge in [0.15, 0.2) is 17.0 Å². The number of hydrogen-bond donors (Lipinski definition) is 2. The zero-order valence-electron chi connectivity index (χ0n) is 20.5. The number of aromatic nitrogens is 4. The average Bonchev–Trinajstić information content (AvgIpc) is 3.51. The highest BCUT2D eigenvalue weighted by atomic mass is 35.5. The summed E-state index contributed by atoms with van der Waals surface area (Å²) in [6.45, 7) is 3.69. The molecule has 1 fully saturated rings. The van der Waals surface area contributed by atoms with Crippen LogP contribution in [0.25, 0.3) is 11.2 Å². The summed E-state index contributed by atoms with van der Waals surface area (Å²) in [4.78, 5) is 37.9. The summed E-state index contributed by atoms with van der Waals surface area (Å²) in [5, 5.41) is 9.28. The fourth-order valence-corrected chi connectivity index (χ4v) is 4.31. The second kappa shape index (κ2) is 10.7. The maximum atomic E-state index is 12.9. The number of esters is 2. The fourth-order valence-electron chi connectivity index (χ4n) is 4.15. The number of halogens is 1. The normalized spacial score (nSPS) is 18.9. The summed E-state index contributed by atoms with van der Waals surface area (Å²) in [5.41, 5.74) is 5.33. The molecule has 0 radical (unpaired) electrons. The third-order valence-corrected chi connectivity index (χ3v) is 6.37. The lowest BCUT2D eigenvalue weighted by Crippen LogP contribution is -2.32. The third-order valence-electron chi connectivity index (χ3n) is 6.20. The molecule has 0 saturated carbocycles. The van der Waals surface area contributed by atoms with Gasteiger partial charge in [0.25, 0.3) is 0 Å². The van der Waals surface area contributed by atoms with Crippen LogP contribution in [0.4, 0.5) is 5.82 Å². The minimum Gasteiger partial charge on any atom is -0.459 e. The van der Waals surface area contributed by atoms with Crippen LogP contribution in [0.15, 0.2) is 54.9 Å². The molecule has 1 saturated heterocycles. The molecular formula is C26H24ClN5O6. The number of ether oxygens (including phenoxy) is 3. The van der Waals surface area contributed by atoms with Gasteiger partial charge in [0.1, 0.15) is 25.0 Å². The number of anilines is 1. The minimum absolute atomic E-state index is 0.0303. The highest BCUT2D eigenvalue weighted by Gasteiger charge is 2.41. The summed E-state index contributed by atoms with van der Waals surface area (Å²) < 4.78 is 19.1. The van der Waals surface area contributed by atoms with E-state index < -0.39 is 30.4 Å². The van der Waals surface area contributed by atoms with Crippen molar-refractivity contribution < 1.29 is 29.0 Å². The standard InChI is InChI=1S/C26H24ClN5O6/c1-14-3-7-16(8-4-14)24(33)36-12-19-18(38-25(34)17-9-5-15(2)6-10-17)11-20(37-19)32-13-28-21-22(31-35)29-26(27)30-23(21)32/h3-10,13,18-20,35H,11-12H2,1-2H3,(H,29,30,31)/t18-,19+,20+/m0/s1. The molecule has 11 nitrogen and oxygen atoms in total. The van der Waals surface area contributed by atoms with E-state index in [1.54, 1.807) is 28.8 Å². The van der Waals surface area contributed by atoms with E-state index in [4.69, 9.17) is 25.8 Å². The number of imidazole rings is 1. The van der Waals surface area contributed by atoms with Crippen molar-refractivity contribution in [2.75, 3.05) is 12.1 Å². The number of hydrogen-bond acceptors (Lipinski definition) is 10. The number of fused-ring (bicyclic) bond motifs is 1. The molecule has 1 aliphatic rings. The van der Waals surface area contributed by atoms with Crippen LogP contribution in [-0.2, 0) is 14.2 Å². The Morgan fingerprint density at radius 3 is 2.32 bits per heavy atom. The number of rotatable bonds is 7. The zero-order chi connectivity index (χ0) is 26.8. The molecule has 2 N–H and O–H groups in total. The maximum Gasteiger partial charge on any atom is 0.338 e. The Labute approximate surface area is 222 Å². The van der Waals surface area contributed by atoms with Gasteiger partial charge in [0, 0.05) is 6.42 Å². The molecule has 4 aromatic rings. The van der Waals surface area contributed by atoms with E-state index in [0.717, 1.165) is 11.1 Å². The van der Waals surface area contributed by atoms with Crippen LogP contribution in [0.3, 0.4) is 0 Å². The number of benzene rings is 2. The third kappa shape index (κ3) is 5.30. The second-order valence-corrected chi connectivity index (χ2v) is 9.25. The van der Waals surface area contributed by atoms with E-state index in [9.17, 15) is 14.8 Å². The second-order valence-electron chi connectivity index (χ2n) is 8.92. The van der Waals surface area contributed by atoms with Crippen LogP contribution < -0.4 is 5.48 Å². The number of nitrogens with one attached hydrogen (secondary N) is 1. The van der Waals surface area contributed by atoms with E-state index in [1.807, 2.05) is 43.6 Å². The minimum atomic E-state index is -0.769. The SMILES string of the molecule is Cc1ccc(C(=O)OC[C@H]2O[C@@H](n3cnc4c(NO)nc(Cl)nc43)C[C@@H]2OC(=O)c2ccc(C)cc2)cc1. The maximum absolute atomic E-state index is 12.9. The summed E-state index contributed by atoms with van der Waals surface area (Å²) in [5.74, 6) is -1.02. The van der Waals surface area contributed by atoms with Crippen molar-refractivity contribution in [3.63, 3.8) is 0 Å². The van der Waals surface area contributed by atoms with Gasteiger partial charge in [-0.3, -0.25) is 15.3 Å². The number of carbonyl (C=O) groups excluding carboxylic acids is 2. The number of carbonyl (C=O) groups is 2. The molecule has 1 aliphatic heterocycles. The van der Waals surface area contributed by atoms with Crippen molar-refractivity contribution >= 4 is 40.5 Å². The van der Waals surface area contributed by atoms with Crippen LogP contribution in [-0.4, -0.2) is 55.5 Å². The van der Waals surface area contributed by atoms with Crippen LogP contribution in [0.5, 0.6) is 0 Å². The van der Waals surface area contributed by atoms with Crippen LogP contribution >= 0.6 is 11.6 Å². The van der Waals surface area contributed by atoms with E-state index in [2.05, 4.69) is 15.0 Å². The van der Waals surface area contributed by atoms with Crippen LogP contribution in [0.1, 0.15) is 44.5 Å². The molecule has 0 unspecified atom stereocenters. The van der Waals surface area contributed by atoms with Crippen molar-refractivity contribution in [1.29, 1.82) is 0 Å². The Balaban J connectivity index is 1.38. The zero-order valence-corrected chi connectivity index (χ0v) is 21.3. The molecule has 2 aromatic heterocycles. The Morgan fingerprint density at radius 2 is 1.68 bits per heavy atom. The van der Waals surface area contributed by atoms with Gasteiger partial charge < -0.3 is 14.2 Å². The Hall–Kier alpha value is -4.06. The monoisotopic (exact) mass is 537 g/mol. The molecular weight excluding hydrogens is 514 g/mol. The molecule has 196 valence electrons. The van der Waals surface area contributed by atoms with Gasteiger partial charge in [0.05, 0.1) is 17.5 Å². The summed E-state index contributed by atoms with van der Waals surface area (Å²) >= 11 is 6.01. The fraction of sp³-hybridized carbons (Fsp3) is 0.269. The predicted molar refractivity (Wildman–Crippen MR) is 136 cm³/mol. The predicted octanol–water partition coefficient (Wildman–Crippen LogP) is 4.27. The summed E-state index contributed by atoms with van der Waals surface area (Å²) in [6, 6.07) is 14.0. The Kier molecular flexibility index (Phi) is 7.23. The lowest BCUT2D eigenvalue weighted by molar-refractivity contribution is -0.0563. The van der Waals surface area contributed by atoms with E-state index in [-0.39, 0.29) is 29.6 Å². The first-order valence-electron chi connectivity index (χ1n) is 11.8. The Bertz CT molecular complexity index is 1470. The van der Waals surface area contributed by atoms with Crippen LogP contribution in [0, 0.1) is 13.8 Å². The molecule has 2 aromatic carbocycles. The van der Waals surface area contributed by atoms with E-state index in [1.165, 1.54) is 6.33 Å². The number of aryl methyl sites for hydroxylation is 2. The van der Waals surface area contributed by atoms with Gasteiger partial charge in [-0.25, -0.2) is 14.6 Å². The smallest absolute Gasteiger partial charge is 0.338 e. The lowest BCUT2D eigenvalue weighted by Gasteiger charge is -2.19. The number of nitrogens with zero attached hydrogens (tertiary/aromatic N) is 4. The first-order valence-corrected chi connectivity index (χ1v) is 12.2. The van der Waals surface area contributed by atoms with Crippen molar-refractivity contribution in [1.82, 2.24) is 19.5 Å². The van der Waals surface area contributed by atoms with Gasteiger partial charge in [-0.15, -0.1) is 0 Å². The molecule has 5 rings (SSSR count). The highest BCUT2D eigenvalue weighted by molar-refractivity contribution is 6.28. The first kappa shape index (κ1) is 25.6. The summed E-state index contributed by atoms with van der Waals surface area (Å²) in [7, 11) is 0. The molecule has 12 heteroatoms. The molecule has 0 spiro atoms. The van der Waals surface area contributed by atoms with Gasteiger partial charge in [-0.1, -0.05) is 35.4 Å². The molecule has 3 atom stereocenters. The average molecular weight is 538 g/mol. The van der Waals surface area contributed by atoms with E-state index in [0.29, 0.717) is 16.8 Å². The van der Waals surface area contributed by atoms with Gasteiger partial charge in [-0.05, 0) is 49.7 Å². The quantitative estimate of drug-likeness (QED) is 0.200. The van der Waals surface area contributed by atoms with Gasteiger partial charge in [0.2, 0.25) is 5.28 Å².